The van der Waals surface area contributed by atoms with Crippen LogP contribution in [0.25, 0.3) is 0 Å². The lowest BCUT2D eigenvalue weighted by atomic mass is 10.1. The Morgan fingerprint density at radius 2 is 1.83 bits per heavy atom. The molecule has 0 aromatic heterocycles. The molecule has 0 saturated carbocycles. The van der Waals surface area contributed by atoms with Gasteiger partial charge in [-0.25, -0.2) is 8.42 Å². The van der Waals surface area contributed by atoms with Crippen LogP contribution in [0.5, 0.6) is 0 Å². The number of rotatable bonds is 7. The van der Waals surface area contributed by atoms with Gasteiger partial charge in [0.2, 0.25) is 15.9 Å². The van der Waals surface area contributed by atoms with Crippen molar-refractivity contribution < 1.29 is 17.9 Å². The number of nitrogens with one attached hydrogen (secondary N) is 1. The largest absolute Gasteiger partial charge is 0.379 e. The van der Waals surface area contributed by atoms with Crippen LogP contribution < -0.4 is 5.32 Å². The van der Waals surface area contributed by atoms with E-state index in [1.807, 2.05) is 6.92 Å². The van der Waals surface area contributed by atoms with Gasteiger partial charge in [0.1, 0.15) is 4.90 Å². The summed E-state index contributed by atoms with van der Waals surface area (Å²) in [6.07, 6.45) is 1.87. The minimum absolute atomic E-state index is 0.00137. The van der Waals surface area contributed by atoms with Crippen LogP contribution in [0.15, 0.2) is 47.4 Å². The molecule has 8 heteroatoms. The number of sulfonamides is 1. The van der Waals surface area contributed by atoms with Crippen molar-refractivity contribution in [2.75, 3.05) is 31.6 Å². The fraction of sp³-hybridized carbons (Fsp3) is 0.381. The quantitative estimate of drug-likeness (QED) is 0.719. The first kappa shape index (κ1) is 21.8. The highest BCUT2D eigenvalue weighted by atomic mass is 35.5. The fourth-order valence-corrected chi connectivity index (χ4v) is 5.04. The molecule has 29 heavy (non-hydrogen) atoms. The van der Waals surface area contributed by atoms with E-state index in [1.165, 1.54) is 27.6 Å². The maximum absolute atomic E-state index is 12.9. The minimum atomic E-state index is -3.74. The second-order valence-electron chi connectivity index (χ2n) is 7.05. The van der Waals surface area contributed by atoms with Crippen LogP contribution in [0.3, 0.4) is 0 Å². The van der Waals surface area contributed by atoms with Gasteiger partial charge in [-0.1, -0.05) is 41.4 Å². The van der Waals surface area contributed by atoms with Crippen LogP contribution in [-0.4, -0.2) is 44.9 Å². The first-order valence-electron chi connectivity index (χ1n) is 9.59. The van der Waals surface area contributed by atoms with E-state index in [0.29, 0.717) is 31.7 Å². The molecule has 2 aromatic carbocycles. The monoisotopic (exact) mass is 436 g/mol. The molecule has 0 atom stereocenters. The second kappa shape index (κ2) is 9.71. The van der Waals surface area contributed by atoms with Crippen molar-refractivity contribution >= 4 is 33.2 Å². The number of ether oxygens (including phenoxy) is 1. The number of anilines is 1. The van der Waals surface area contributed by atoms with Gasteiger partial charge in [0, 0.05) is 25.2 Å². The van der Waals surface area contributed by atoms with Crippen molar-refractivity contribution in [3.8, 4) is 0 Å². The van der Waals surface area contributed by atoms with Crippen LogP contribution >= 0.6 is 11.6 Å². The third-order valence-corrected chi connectivity index (χ3v) is 7.17. The number of hydrogen-bond donors (Lipinski definition) is 1. The Labute approximate surface area is 176 Å². The van der Waals surface area contributed by atoms with Gasteiger partial charge in [0.15, 0.2) is 0 Å². The smallest absolute Gasteiger partial charge is 0.244 e. The summed E-state index contributed by atoms with van der Waals surface area (Å²) in [6.45, 7) is 3.32. The number of aryl methyl sites for hydroxylation is 2. The van der Waals surface area contributed by atoms with Crippen LogP contribution in [0.4, 0.5) is 5.69 Å². The molecule has 6 nitrogen and oxygen atoms in total. The van der Waals surface area contributed by atoms with Crippen molar-refractivity contribution in [1.29, 1.82) is 0 Å². The maximum Gasteiger partial charge on any atom is 0.244 e. The molecule has 0 spiro atoms. The summed E-state index contributed by atoms with van der Waals surface area (Å²) in [4.78, 5) is 12.3. The molecule has 1 fully saturated rings. The zero-order chi connectivity index (χ0) is 20.9. The fourth-order valence-electron chi connectivity index (χ4n) is 3.14. The number of morpholine rings is 1. The van der Waals surface area contributed by atoms with Gasteiger partial charge in [0.05, 0.1) is 18.2 Å². The van der Waals surface area contributed by atoms with Crippen molar-refractivity contribution in [3.63, 3.8) is 0 Å². The number of carbonyl (C=O) groups excluding carboxylic acids is 1. The van der Waals surface area contributed by atoms with Crippen molar-refractivity contribution in [2.24, 2.45) is 0 Å². The molecule has 1 heterocycles. The third kappa shape index (κ3) is 5.79. The van der Waals surface area contributed by atoms with Gasteiger partial charge in [-0.05, 0) is 43.5 Å². The lowest BCUT2D eigenvalue weighted by molar-refractivity contribution is -0.116. The molecule has 1 amide bonds. The molecule has 0 bridgehead atoms. The predicted octanol–water partition coefficient (Wildman–Crippen LogP) is 3.63. The first-order valence-corrected chi connectivity index (χ1v) is 11.4. The van der Waals surface area contributed by atoms with Crippen LogP contribution in [0.2, 0.25) is 5.02 Å². The molecule has 2 aromatic rings. The van der Waals surface area contributed by atoms with E-state index in [2.05, 4.69) is 29.6 Å². The van der Waals surface area contributed by atoms with E-state index in [-0.39, 0.29) is 28.9 Å². The molecule has 156 valence electrons. The number of amides is 1. The van der Waals surface area contributed by atoms with Crippen molar-refractivity contribution in [3.05, 3.63) is 58.6 Å². The van der Waals surface area contributed by atoms with E-state index in [0.717, 1.165) is 6.42 Å². The van der Waals surface area contributed by atoms with Crippen LogP contribution in [-0.2, 0) is 26.0 Å². The molecule has 0 radical (unpaired) electrons. The van der Waals surface area contributed by atoms with E-state index in [4.69, 9.17) is 16.3 Å². The SMILES string of the molecule is Cc1ccc(CCCC(=O)Nc2ccc(Cl)c(S(=O)(=O)N3CCOCC3)c2)cc1. The molecule has 1 aliphatic rings. The number of carbonyl (C=O) groups is 1. The van der Waals surface area contributed by atoms with Gasteiger partial charge >= 0.3 is 0 Å². The van der Waals surface area contributed by atoms with E-state index in [9.17, 15) is 13.2 Å². The molecule has 1 N–H and O–H groups in total. The van der Waals surface area contributed by atoms with Crippen LogP contribution in [0, 0.1) is 6.92 Å². The number of nitrogens with zero attached hydrogens (tertiary/aromatic N) is 1. The van der Waals surface area contributed by atoms with Crippen LogP contribution in [0.1, 0.15) is 24.0 Å². The minimum Gasteiger partial charge on any atom is -0.379 e. The van der Waals surface area contributed by atoms with Gasteiger partial charge in [0.25, 0.3) is 0 Å². The molecule has 3 rings (SSSR count). The average molecular weight is 437 g/mol. The summed E-state index contributed by atoms with van der Waals surface area (Å²) >= 11 is 6.15. The summed E-state index contributed by atoms with van der Waals surface area (Å²) < 4.78 is 32.3. The van der Waals surface area contributed by atoms with Gasteiger partial charge in [-0.15, -0.1) is 0 Å². The summed E-state index contributed by atoms with van der Waals surface area (Å²) in [7, 11) is -3.74. The second-order valence-corrected chi connectivity index (χ2v) is 9.36. The van der Waals surface area contributed by atoms with Gasteiger partial charge in [-0.2, -0.15) is 4.31 Å². The molecule has 1 aliphatic heterocycles. The van der Waals surface area contributed by atoms with Gasteiger partial charge in [-0.3, -0.25) is 4.79 Å². The molecular formula is C21H25ClN2O4S. The maximum atomic E-state index is 12.9. The molecule has 1 saturated heterocycles. The average Bonchev–Trinajstić information content (AvgIpc) is 2.71. The highest BCUT2D eigenvalue weighted by molar-refractivity contribution is 7.89. The summed E-state index contributed by atoms with van der Waals surface area (Å²) in [6, 6.07) is 12.8. The van der Waals surface area contributed by atoms with Crippen molar-refractivity contribution in [2.45, 2.75) is 31.1 Å². The highest BCUT2D eigenvalue weighted by Gasteiger charge is 2.28. The standard InChI is InChI=1S/C21H25ClN2O4S/c1-16-5-7-17(8-6-16)3-2-4-21(25)23-18-9-10-19(22)20(15-18)29(26,27)24-11-13-28-14-12-24/h5-10,15H,2-4,11-14H2,1H3,(H,23,25). The lowest BCUT2D eigenvalue weighted by Gasteiger charge is -2.26. The summed E-state index contributed by atoms with van der Waals surface area (Å²) in [5.74, 6) is -0.158. The zero-order valence-electron chi connectivity index (χ0n) is 16.4. The number of halogens is 1. The first-order chi connectivity index (χ1) is 13.9. The molecule has 0 unspecified atom stereocenters. The Balaban J connectivity index is 1.61. The van der Waals surface area contributed by atoms with E-state index >= 15 is 0 Å². The third-order valence-electron chi connectivity index (χ3n) is 4.79. The summed E-state index contributed by atoms with van der Waals surface area (Å²) in [5, 5.41) is 2.91. The topological polar surface area (TPSA) is 75.7 Å². The normalized spacial score (nSPS) is 15.2. The molecular weight excluding hydrogens is 412 g/mol. The Bertz CT molecular complexity index is 955. The lowest BCUT2D eigenvalue weighted by Crippen LogP contribution is -2.40. The predicted molar refractivity (Wildman–Crippen MR) is 114 cm³/mol. The van der Waals surface area contributed by atoms with Gasteiger partial charge < -0.3 is 10.1 Å². The van der Waals surface area contributed by atoms with E-state index in [1.54, 1.807) is 6.07 Å². The number of hydrogen-bond acceptors (Lipinski definition) is 4. The Hall–Kier alpha value is -1.93. The number of benzene rings is 2. The highest BCUT2D eigenvalue weighted by Crippen LogP contribution is 2.28. The Morgan fingerprint density at radius 1 is 1.14 bits per heavy atom. The zero-order valence-corrected chi connectivity index (χ0v) is 17.9. The Morgan fingerprint density at radius 3 is 2.52 bits per heavy atom. The Kier molecular flexibility index (Phi) is 7.29. The van der Waals surface area contributed by atoms with E-state index < -0.39 is 10.0 Å². The summed E-state index contributed by atoms with van der Waals surface area (Å²) in [5.41, 5.74) is 2.81. The van der Waals surface area contributed by atoms with Crippen molar-refractivity contribution in [1.82, 2.24) is 4.31 Å². The molecule has 0 aliphatic carbocycles.